The number of aliphatic hydroxyl groups excluding tert-OH is 1. The summed E-state index contributed by atoms with van der Waals surface area (Å²) < 4.78 is 19.9. The molecule has 4 nitrogen and oxygen atoms in total. The molecule has 0 saturated carbocycles. The molecule has 1 N–H and O–H groups in total. The largest absolute Gasteiger partial charge is 0.505 e. The standard InChI is InChI=1S/C23H33FO4/c1-6-7-8-12-18-20(24)21(26)19(22(27)23(18)28-17(5)25)14-13-16(4)11-9-10-15(2)3/h10,13,23,26H,6-9,11-12,14H2,1-5H3/b16-13+. The number of hydrogen-bond donors (Lipinski definition) is 1. The van der Waals surface area contributed by atoms with Crippen LogP contribution in [0, 0.1) is 0 Å². The zero-order chi connectivity index (χ0) is 21.3. The first-order valence-corrected chi connectivity index (χ1v) is 10.00. The van der Waals surface area contributed by atoms with Crippen LogP contribution in [0.1, 0.15) is 79.6 Å². The van der Waals surface area contributed by atoms with Gasteiger partial charge in [0, 0.05) is 18.1 Å². The van der Waals surface area contributed by atoms with Gasteiger partial charge in [-0.2, -0.15) is 0 Å². The number of ketones is 1. The average Bonchev–Trinajstić information content (AvgIpc) is 2.61. The Morgan fingerprint density at radius 3 is 2.43 bits per heavy atom. The van der Waals surface area contributed by atoms with E-state index in [2.05, 4.69) is 6.08 Å². The van der Waals surface area contributed by atoms with Gasteiger partial charge in [-0.15, -0.1) is 0 Å². The Hall–Kier alpha value is -2.17. The van der Waals surface area contributed by atoms with E-state index in [1.54, 1.807) is 0 Å². The molecule has 0 radical (unpaired) electrons. The summed E-state index contributed by atoms with van der Waals surface area (Å²) in [5, 5.41) is 10.3. The lowest BCUT2D eigenvalue weighted by Crippen LogP contribution is -2.34. The first kappa shape index (κ1) is 23.9. The van der Waals surface area contributed by atoms with E-state index in [-0.39, 0.29) is 24.0 Å². The number of esters is 1. The third kappa shape index (κ3) is 7.10. The van der Waals surface area contributed by atoms with Crippen LogP contribution in [-0.2, 0) is 14.3 Å². The Morgan fingerprint density at radius 2 is 1.86 bits per heavy atom. The highest BCUT2D eigenvalue weighted by molar-refractivity contribution is 6.04. The van der Waals surface area contributed by atoms with Crippen molar-refractivity contribution in [2.45, 2.75) is 85.7 Å². The minimum absolute atomic E-state index is 0.0374. The maximum atomic E-state index is 14.8. The molecule has 0 aliphatic heterocycles. The lowest BCUT2D eigenvalue weighted by Gasteiger charge is -2.25. The molecule has 28 heavy (non-hydrogen) atoms. The Kier molecular flexibility index (Phi) is 9.91. The van der Waals surface area contributed by atoms with Gasteiger partial charge in [-0.1, -0.05) is 43.1 Å². The second-order valence-electron chi connectivity index (χ2n) is 7.55. The molecular weight excluding hydrogens is 359 g/mol. The lowest BCUT2D eigenvalue weighted by atomic mass is 9.87. The molecule has 0 aromatic rings. The second-order valence-corrected chi connectivity index (χ2v) is 7.55. The van der Waals surface area contributed by atoms with Gasteiger partial charge in [0.1, 0.15) is 0 Å². The van der Waals surface area contributed by atoms with Crippen molar-refractivity contribution in [3.05, 3.63) is 46.0 Å². The number of carbonyl (C=O) groups excluding carboxylic acids is 2. The fourth-order valence-corrected chi connectivity index (χ4v) is 3.09. The highest BCUT2D eigenvalue weighted by Gasteiger charge is 2.38. The van der Waals surface area contributed by atoms with Crippen molar-refractivity contribution in [1.82, 2.24) is 0 Å². The molecule has 0 fully saturated rings. The molecule has 0 spiro atoms. The van der Waals surface area contributed by atoms with E-state index in [1.165, 1.54) is 12.5 Å². The summed E-state index contributed by atoms with van der Waals surface area (Å²) in [7, 11) is 0. The molecule has 0 aromatic carbocycles. The van der Waals surface area contributed by atoms with Crippen molar-refractivity contribution in [3.8, 4) is 0 Å². The number of allylic oxidation sites excluding steroid dienone is 5. The Morgan fingerprint density at radius 1 is 1.18 bits per heavy atom. The van der Waals surface area contributed by atoms with E-state index in [1.807, 2.05) is 33.8 Å². The molecule has 1 atom stereocenters. The van der Waals surface area contributed by atoms with Gasteiger partial charge in [0.05, 0.1) is 0 Å². The van der Waals surface area contributed by atoms with Crippen LogP contribution in [0.2, 0.25) is 0 Å². The molecule has 1 unspecified atom stereocenters. The molecule has 1 aliphatic carbocycles. The van der Waals surface area contributed by atoms with Crippen LogP contribution in [-0.4, -0.2) is 23.0 Å². The summed E-state index contributed by atoms with van der Waals surface area (Å²) >= 11 is 0. The minimum Gasteiger partial charge on any atom is -0.505 e. The smallest absolute Gasteiger partial charge is 0.303 e. The quantitative estimate of drug-likeness (QED) is 0.273. The fourth-order valence-electron chi connectivity index (χ4n) is 3.09. The van der Waals surface area contributed by atoms with E-state index in [0.29, 0.717) is 6.42 Å². The fraction of sp³-hybridized carbons (Fsp3) is 0.565. The van der Waals surface area contributed by atoms with Crippen molar-refractivity contribution in [1.29, 1.82) is 0 Å². The zero-order valence-electron chi connectivity index (χ0n) is 17.7. The lowest BCUT2D eigenvalue weighted by molar-refractivity contribution is -0.150. The Labute approximate surface area is 167 Å². The zero-order valence-corrected chi connectivity index (χ0v) is 17.7. The number of hydrogen-bond acceptors (Lipinski definition) is 4. The third-order valence-electron chi connectivity index (χ3n) is 4.71. The van der Waals surface area contributed by atoms with Crippen LogP contribution in [0.3, 0.4) is 0 Å². The minimum atomic E-state index is -1.28. The van der Waals surface area contributed by atoms with Crippen LogP contribution in [0.15, 0.2) is 46.0 Å². The predicted molar refractivity (Wildman–Crippen MR) is 110 cm³/mol. The Balaban J connectivity index is 3.07. The molecule has 0 bridgehead atoms. The van der Waals surface area contributed by atoms with E-state index >= 15 is 0 Å². The van der Waals surface area contributed by atoms with Crippen molar-refractivity contribution >= 4 is 11.8 Å². The summed E-state index contributed by atoms with van der Waals surface area (Å²) in [5.41, 5.74) is 2.32. The molecule has 0 saturated heterocycles. The van der Waals surface area contributed by atoms with E-state index in [9.17, 15) is 19.1 Å². The number of unbranched alkanes of at least 4 members (excludes halogenated alkanes) is 2. The number of aliphatic hydroxyl groups is 1. The SMILES string of the molecule is CCCCCC1=C(F)C(O)=C(C/C=C(\C)CCC=C(C)C)C(=O)C1OC(C)=O. The highest BCUT2D eigenvalue weighted by Crippen LogP contribution is 2.34. The van der Waals surface area contributed by atoms with Gasteiger partial charge < -0.3 is 9.84 Å². The van der Waals surface area contributed by atoms with Gasteiger partial charge in [0.15, 0.2) is 17.7 Å². The number of rotatable bonds is 10. The monoisotopic (exact) mass is 392 g/mol. The van der Waals surface area contributed by atoms with Gasteiger partial charge in [-0.3, -0.25) is 9.59 Å². The summed E-state index contributed by atoms with van der Waals surface area (Å²) in [5.74, 6) is -2.62. The molecule has 0 heterocycles. The van der Waals surface area contributed by atoms with Crippen LogP contribution >= 0.6 is 0 Å². The van der Waals surface area contributed by atoms with E-state index in [4.69, 9.17) is 4.74 Å². The maximum absolute atomic E-state index is 14.8. The van der Waals surface area contributed by atoms with Crippen LogP contribution < -0.4 is 0 Å². The maximum Gasteiger partial charge on any atom is 0.303 e. The van der Waals surface area contributed by atoms with Gasteiger partial charge in [0.25, 0.3) is 0 Å². The molecule has 156 valence electrons. The normalized spacial score (nSPS) is 17.9. The van der Waals surface area contributed by atoms with Crippen molar-refractivity contribution in [3.63, 3.8) is 0 Å². The van der Waals surface area contributed by atoms with Gasteiger partial charge in [-0.05, 0) is 52.9 Å². The van der Waals surface area contributed by atoms with Crippen LogP contribution in [0.25, 0.3) is 0 Å². The molecule has 0 amide bonds. The summed E-state index contributed by atoms with van der Waals surface area (Å²) in [6, 6.07) is 0. The van der Waals surface area contributed by atoms with Crippen LogP contribution in [0.4, 0.5) is 4.39 Å². The van der Waals surface area contributed by atoms with E-state index < -0.39 is 29.4 Å². The summed E-state index contributed by atoms with van der Waals surface area (Å²) in [6.07, 6.45) is 7.22. The third-order valence-corrected chi connectivity index (χ3v) is 4.71. The second kappa shape index (κ2) is 11.6. The first-order chi connectivity index (χ1) is 13.2. The van der Waals surface area contributed by atoms with Crippen molar-refractivity contribution in [2.24, 2.45) is 0 Å². The molecular formula is C23H33FO4. The van der Waals surface area contributed by atoms with Gasteiger partial charge in [0.2, 0.25) is 5.78 Å². The summed E-state index contributed by atoms with van der Waals surface area (Å²) in [6.45, 7) is 9.22. The first-order valence-electron chi connectivity index (χ1n) is 10.00. The number of Topliss-reactive ketones (excluding diaryl/α,β-unsaturated/α-hetero) is 1. The predicted octanol–water partition coefficient (Wildman–Crippen LogP) is 6.20. The number of halogens is 1. The molecule has 5 heteroatoms. The van der Waals surface area contributed by atoms with Crippen LogP contribution in [0.5, 0.6) is 0 Å². The van der Waals surface area contributed by atoms with Gasteiger partial charge >= 0.3 is 5.97 Å². The molecule has 1 aliphatic rings. The molecule has 1 rings (SSSR count). The van der Waals surface area contributed by atoms with Crippen molar-refractivity contribution < 1.29 is 23.8 Å². The highest BCUT2D eigenvalue weighted by atomic mass is 19.1. The molecule has 0 aromatic heterocycles. The average molecular weight is 393 g/mol. The van der Waals surface area contributed by atoms with Crippen molar-refractivity contribution in [2.75, 3.05) is 0 Å². The Bertz CT molecular complexity index is 706. The number of ether oxygens (including phenoxy) is 1. The summed E-state index contributed by atoms with van der Waals surface area (Å²) in [4.78, 5) is 24.3. The van der Waals surface area contributed by atoms with Gasteiger partial charge in [-0.25, -0.2) is 4.39 Å². The topological polar surface area (TPSA) is 63.6 Å². The number of carbonyl (C=O) groups is 2. The van der Waals surface area contributed by atoms with E-state index in [0.717, 1.165) is 31.3 Å².